The summed E-state index contributed by atoms with van der Waals surface area (Å²) in [6.07, 6.45) is 0.804. The van der Waals surface area contributed by atoms with Crippen molar-refractivity contribution < 1.29 is 19.1 Å². The van der Waals surface area contributed by atoms with E-state index < -0.39 is 5.97 Å². The van der Waals surface area contributed by atoms with Gasteiger partial charge >= 0.3 is 5.97 Å². The molecule has 0 spiro atoms. The van der Waals surface area contributed by atoms with Gasteiger partial charge in [0.15, 0.2) is 6.61 Å². The van der Waals surface area contributed by atoms with Gasteiger partial charge in [-0.1, -0.05) is 25.1 Å². The average Bonchev–Trinajstić information content (AvgIpc) is 3.17. The monoisotopic (exact) mass is 360 g/mol. The van der Waals surface area contributed by atoms with Gasteiger partial charge < -0.3 is 15.0 Å². The van der Waals surface area contributed by atoms with Crippen LogP contribution in [0.15, 0.2) is 41.8 Å². The minimum Gasteiger partial charge on any atom is -0.452 e. The summed E-state index contributed by atoms with van der Waals surface area (Å²) in [6.45, 7) is 2.11. The molecule has 0 fully saturated rings. The Bertz CT molecular complexity index is 743. The standard InChI is InChI=1S/C18H20N2O4S/c1-3-10-19-16(21)12-24-18(23)13-7-4-5-8-14(13)20(2)17(22)15-9-6-11-25-15/h4-9,11H,3,10,12H2,1-2H3,(H,19,21). The predicted molar refractivity (Wildman–Crippen MR) is 97.1 cm³/mol. The van der Waals surface area contributed by atoms with E-state index in [9.17, 15) is 14.4 Å². The first kappa shape index (κ1) is 18.7. The Morgan fingerprint density at radius 3 is 2.60 bits per heavy atom. The molecule has 1 heterocycles. The number of carbonyl (C=O) groups excluding carboxylic acids is 3. The molecule has 0 saturated carbocycles. The van der Waals surface area contributed by atoms with Crippen LogP contribution in [0, 0.1) is 0 Å². The molecule has 0 aliphatic carbocycles. The van der Waals surface area contributed by atoms with Crippen LogP contribution >= 0.6 is 11.3 Å². The largest absolute Gasteiger partial charge is 0.452 e. The highest BCUT2D eigenvalue weighted by Crippen LogP contribution is 2.23. The zero-order valence-electron chi connectivity index (χ0n) is 14.2. The van der Waals surface area contributed by atoms with Gasteiger partial charge in [0.2, 0.25) is 0 Å². The van der Waals surface area contributed by atoms with Crippen molar-refractivity contribution in [2.45, 2.75) is 13.3 Å². The summed E-state index contributed by atoms with van der Waals surface area (Å²) in [7, 11) is 1.60. The van der Waals surface area contributed by atoms with E-state index in [0.717, 1.165) is 6.42 Å². The van der Waals surface area contributed by atoms with Crippen LogP contribution in [-0.2, 0) is 9.53 Å². The van der Waals surface area contributed by atoms with Crippen LogP contribution in [-0.4, -0.2) is 38.0 Å². The molecule has 0 atom stereocenters. The van der Waals surface area contributed by atoms with E-state index in [1.54, 1.807) is 43.4 Å². The lowest BCUT2D eigenvalue weighted by atomic mass is 10.1. The smallest absolute Gasteiger partial charge is 0.340 e. The Hall–Kier alpha value is -2.67. The lowest BCUT2D eigenvalue weighted by Gasteiger charge is -2.19. The molecule has 0 radical (unpaired) electrons. The molecular formula is C18H20N2O4S. The summed E-state index contributed by atoms with van der Waals surface area (Å²) >= 11 is 1.33. The normalized spacial score (nSPS) is 10.2. The van der Waals surface area contributed by atoms with Crippen molar-refractivity contribution in [2.24, 2.45) is 0 Å². The Kier molecular flexibility index (Phi) is 6.71. The molecule has 7 heteroatoms. The molecule has 2 aromatic rings. The molecule has 2 rings (SSSR count). The highest BCUT2D eigenvalue weighted by atomic mass is 32.1. The van der Waals surface area contributed by atoms with Gasteiger partial charge in [-0.2, -0.15) is 0 Å². The number of anilines is 1. The number of para-hydroxylation sites is 1. The number of ether oxygens (including phenoxy) is 1. The van der Waals surface area contributed by atoms with Crippen molar-refractivity contribution in [2.75, 3.05) is 25.1 Å². The summed E-state index contributed by atoms with van der Waals surface area (Å²) in [5, 5.41) is 4.45. The number of carbonyl (C=O) groups is 3. The first-order valence-corrected chi connectivity index (χ1v) is 8.77. The molecule has 6 nitrogen and oxygen atoms in total. The molecule has 0 saturated heterocycles. The first-order valence-electron chi connectivity index (χ1n) is 7.89. The second-order valence-electron chi connectivity index (χ2n) is 5.28. The van der Waals surface area contributed by atoms with E-state index >= 15 is 0 Å². The van der Waals surface area contributed by atoms with Gasteiger partial charge in [-0.15, -0.1) is 11.3 Å². The minimum absolute atomic E-state index is 0.212. The number of nitrogens with one attached hydrogen (secondary N) is 1. The van der Waals surface area contributed by atoms with Crippen molar-refractivity contribution in [3.63, 3.8) is 0 Å². The Labute approximate surface area is 150 Å². The zero-order valence-corrected chi connectivity index (χ0v) is 15.0. The average molecular weight is 360 g/mol. The van der Waals surface area contributed by atoms with Crippen molar-refractivity contribution in [1.29, 1.82) is 0 Å². The molecule has 25 heavy (non-hydrogen) atoms. The minimum atomic E-state index is -0.645. The van der Waals surface area contributed by atoms with Gasteiger partial charge in [0.05, 0.1) is 16.1 Å². The van der Waals surface area contributed by atoms with E-state index in [1.807, 2.05) is 12.3 Å². The lowest BCUT2D eigenvalue weighted by Crippen LogP contribution is -2.30. The van der Waals surface area contributed by atoms with Gasteiger partial charge in [-0.05, 0) is 30.0 Å². The van der Waals surface area contributed by atoms with Crippen molar-refractivity contribution in [3.8, 4) is 0 Å². The third kappa shape index (κ3) is 4.90. The highest BCUT2D eigenvalue weighted by Gasteiger charge is 2.21. The Balaban J connectivity index is 2.10. The summed E-state index contributed by atoms with van der Waals surface area (Å²) in [6, 6.07) is 10.2. The van der Waals surface area contributed by atoms with Crippen LogP contribution in [0.4, 0.5) is 5.69 Å². The Morgan fingerprint density at radius 2 is 1.92 bits per heavy atom. The van der Waals surface area contributed by atoms with Gasteiger partial charge in [0.1, 0.15) is 0 Å². The third-order valence-corrected chi connectivity index (χ3v) is 4.29. The van der Waals surface area contributed by atoms with Gasteiger partial charge in [0, 0.05) is 13.6 Å². The number of thiophene rings is 1. The molecule has 132 valence electrons. The van der Waals surface area contributed by atoms with E-state index in [1.165, 1.54) is 16.2 Å². The molecule has 1 aromatic carbocycles. The Morgan fingerprint density at radius 1 is 1.16 bits per heavy atom. The summed E-state index contributed by atoms with van der Waals surface area (Å²) < 4.78 is 5.06. The van der Waals surface area contributed by atoms with Gasteiger partial charge in [-0.25, -0.2) is 4.79 Å². The summed E-state index contributed by atoms with van der Waals surface area (Å²) in [5.41, 5.74) is 0.665. The molecule has 0 unspecified atom stereocenters. The van der Waals surface area contributed by atoms with Crippen LogP contribution in [0.25, 0.3) is 0 Å². The fourth-order valence-corrected chi connectivity index (χ4v) is 2.84. The molecule has 1 aromatic heterocycles. The molecule has 0 aliphatic heterocycles. The van der Waals surface area contributed by atoms with Crippen molar-refractivity contribution in [1.82, 2.24) is 5.32 Å². The zero-order chi connectivity index (χ0) is 18.2. The fraction of sp³-hybridized carbons (Fsp3) is 0.278. The van der Waals surface area contributed by atoms with Crippen LogP contribution in [0.5, 0.6) is 0 Å². The van der Waals surface area contributed by atoms with Crippen LogP contribution in [0.3, 0.4) is 0 Å². The second-order valence-corrected chi connectivity index (χ2v) is 6.23. The first-order chi connectivity index (χ1) is 12.0. The van der Waals surface area contributed by atoms with Crippen LogP contribution in [0.1, 0.15) is 33.4 Å². The highest BCUT2D eigenvalue weighted by molar-refractivity contribution is 7.12. The quantitative estimate of drug-likeness (QED) is 0.771. The number of esters is 1. The number of nitrogens with zero attached hydrogens (tertiary/aromatic N) is 1. The summed E-state index contributed by atoms with van der Waals surface area (Å²) in [5.74, 6) is -1.21. The number of amides is 2. The maximum atomic E-state index is 12.5. The van der Waals surface area contributed by atoms with E-state index in [-0.39, 0.29) is 24.0 Å². The molecule has 1 N–H and O–H groups in total. The van der Waals surface area contributed by atoms with Crippen LogP contribution in [0.2, 0.25) is 0 Å². The van der Waals surface area contributed by atoms with Gasteiger partial charge in [-0.3, -0.25) is 9.59 Å². The van der Waals surface area contributed by atoms with Crippen molar-refractivity contribution >= 4 is 34.8 Å². The topological polar surface area (TPSA) is 75.7 Å². The molecular weight excluding hydrogens is 340 g/mol. The third-order valence-electron chi connectivity index (χ3n) is 3.43. The van der Waals surface area contributed by atoms with E-state index in [0.29, 0.717) is 17.1 Å². The molecule has 2 amide bonds. The van der Waals surface area contributed by atoms with Gasteiger partial charge in [0.25, 0.3) is 11.8 Å². The number of rotatable bonds is 7. The second kappa shape index (κ2) is 8.98. The number of hydrogen-bond donors (Lipinski definition) is 1. The van der Waals surface area contributed by atoms with Crippen LogP contribution < -0.4 is 10.2 Å². The van der Waals surface area contributed by atoms with E-state index in [4.69, 9.17) is 4.74 Å². The lowest BCUT2D eigenvalue weighted by molar-refractivity contribution is -0.124. The molecule has 0 bridgehead atoms. The summed E-state index contributed by atoms with van der Waals surface area (Å²) in [4.78, 5) is 38.3. The maximum Gasteiger partial charge on any atom is 0.340 e. The predicted octanol–water partition coefficient (Wildman–Crippen LogP) is 2.71. The fourth-order valence-electron chi connectivity index (χ4n) is 2.14. The van der Waals surface area contributed by atoms with Crippen molar-refractivity contribution in [3.05, 3.63) is 52.2 Å². The molecule has 0 aliphatic rings. The number of hydrogen-bond acceptors (Lipinski definition) is 5. The maximum absolute atomic E-state index is 12.5. The SMILES string of the molecule is CCCNC(=O)COC(=O)c1ccccc1N(C)C(=O)c1cccs1. The van der Waals surface area contributed by atoms with E-state index in [2.05, 4.69) is 5.32 Å². The number of benzene rings is 1.